The van der Waals surface area contributed by atoms with Gasteiger partial charge in [0.1, 0.15) is 0 Å². The van der Waals surface area contributed by atoms with E-state index in [4.69, 9.17) is 0 Å². The molecule has 1 aromatic carbocycles. The number of thiophene rings is 1. The first-order chi connectivity index (χ1) is 8.72. The second-order valence-electron chi connectivity index (χ2n) is 4.13. The van der Waals surface area contributed by atoms with E-state index in [-0.39, 0.29) is 6.61 Å². The molecule has 4 heteroatoms. The summed E-state index contributed by atoms with van der Waals surface area (Å²) in [7, 11) is 0. The van der Waals surface area contributed by atoms with Crippen molar-refractivity contribution >= 4 is 32.3 Å². The van der Waals surface area contributed by atoms with Crippen molar-refractivity contribution in [2.75, 3.05) is 11.9 Å². The number of hydrogen-bond donors (Lipinski definition) is 2. The minimum absolute atomic E-state index is 0.0849. The third kappa shape index (κ3) is 3.13. The highest BCUT2D eigenvalue weighted by atomic mass is 79.9. The molecule has 0 saturated carbocycles. The maximum atomic E-state index is 9.37. The van der Waals surface area contributed by atoms with Crippen molar-refractivity contribution in [3.05, 3.63) is 50.8 Å². The Morgan fingerprint density at radius 2 is 2.00 bits per heavy atom. The van der Waals surface area contributed by atoms with Gasteiger partial charge in [0.15, 0.2) is 0 Å². The van der Waals surface area contributed by atoms with Crippen molar-refractivity contribution in [1.82, 2.24) is 0 Å². The smallest absolute Gasteiger partial charge is 0.0953 e. The Labute approximate surface area is 120 Å². The van der Waals surface area contributed by atoms with Gasteiger partial charge in [0.2, 0.25) is 0 Å². The number of nitrogens with one attached hydrogen (secondary N) is 1. The van der Waals surface area contributed by atoms with Gasteiger partial charge in [-0.15, -0.1) is 11.3 Å². The van der Waals surface area contributed by atoms with Crippen LogP contribution in [-0.2, 0) is 13.0 Å². The van der Waals surface area contributed by atoms with Gasteiger partial charge in [-0.3, -0.25) is 0 Å². The number of rotatable bonds is 5. The lowest BCUT2D eigenvalue weighted by Gasteiger charge is -2.06. The topological polar surface area (TPSA) is 32.3 Å². The predicted molar refractivity (Wildman–Crippen MR) is 81.3 cm³/mol. The van der Waals surface area contributed by atoms with E-state index >= 15 is 0 Å². The van der Waals surface area contributed by atoms with Crippen LogP contribution in [0.5, 0.6) is 0 Å². The molecule has 0 saturated heterocycles. The summed E-state index contributed by atoms with van der Waals surface area (Å²) < 4.78 is 1.09. The molecule has 0 atom stereocenters. The highest BCUT2D eigenvalue weighted by molar-refractivity contribution is 9.11. The molecule has 0 radical (unpaired) electrons. The molecule has 0 aliphatic heterocycles. The lowest BCUT2D eigenvalue weighted by atomic mass is 10.1. The summed E-state index contributed by atoms with van der Waals surface area (Å²) in [5, 5.41) is 13.8. The molecular formula is C14H16BrNOS. The van der Waals surface area contributed by atoms with Gasteiger partial charge in [-0.05, 0) is 40.4 Å². The van der Waals surface area contributed by atoms with Gasteiger partial charge in [-0.1, -0.05) is 30.3 Å². The normalized spacial score (nSPS) is 10.6. The van der Waals surface area contributed by atoms with Gasteiger partial charge in [-0.25, -0.2) is 0 Å². The Morgan fingerprint density at radius 3 is 2.67 bits per heavy atom. The molecule has 0 amide bonds. The number of aliphatic hydroxyl groups excluding tert-OH is 1. The minimum Gasteiger partial charge on any atom is -0.392 e. The van der Waals surface area contributed by atoms with Crippen LogP contribution in [0.1, 0.15) is 16.7 Å². The van der Waals surface area contributed by atoms with Crippen LogP contribution in [0, 0.1) is 6.92 Å². The zero-order valence-corrected chi connectivity index (χ0v) is 12.6. The maximum absolute atomic E-state index is 9.37. The molecule has 18 heavy (non-hydrogen) atoms. The highest BCUT2D eigenvalue weighted by Gasteiger charge is 2.11. The van der Waals surface area contributed by atoms with E-state index in [1.807, 2.05) is 13.0 Å². The largest absolute Gasteiger partial charge is 0.392 e. The van der Waals surface area contributed by atoms with Gasteiger partial charge in [0.25, 0.3) is 0 Å². The summed E-state index contributed by atoms with van der Waals surface area (Å²) in [6.07, 6.45) is 0.986. The first-order valence-electron chi connectivity index (χ1n) is 5.88. The molecule has 0 bridgehead atoms. The molecule has 0 fully saturated rings. The average Bonchev–Trinajstić information content (AvgIpc) is 2.66. The Morgan fingerprint density at radius 1 is 1.28 bits per heavy atom. The van der Waals surface area contributed by atoms with E-state index in [9.17, 15) is 5.11 Å². The molecule has 0 aliphatic carbocycles. The average molecular weight is 326 g/mol. The summed E-state index contributed by atoms with van der Waals surface area (Å²) in [5.41, 5.74) is 3.45. The third-order valence-electron chi connectivity index (χ3n) is 2.91. The SMILES string of the molecule is Cc1c(Br)sc(NCCc2ccccc2)c1CO. The summed E-state index contributed by atoms with van der Waals surface area (Å²) in [5.74, 6) is 0. The molecule has 0 spiro atoms. The summed E-state index contributed by atoms with van der Waals surface area (Å²) in [6.45, 7) is 2.99. The van der Waals surface area contributed by atoms with Crippen LogP contribution in [0.25, 0.3) is 0 Å². The Balaban J connectivity index is 1.96. The fraction of sp³-hybridized carbons (Fsp3) is 0.286. The van der Waals surface area contributed by atoms with Crippen molar-refractivity contribution in [2.24, 2.45) is 0 Å². The zero-order valence-electron chi connectivity index (χ0n) is 10.2. The number of hydrogen-bond acceptors (Lipinski definition) is 3. The zero-order chi connectivity index (χ0) is 13.0. The first-order valence-corrected chi connectivity index (χ1v) is 7.49. The minimum atomic E-state index is 0.0849. The second-order valence-corrected chi connectivity index (χ2v) is 6.47. The van der Waals surface area contributed by atoms with Gasteiger partial charge >= 0.3 is 0 Å². The molecule has 1 aromatic heterocycles. The van der Waals surface area contributed by atoms with E-state index in [0.29, 0.717) is 0 Å². The van der Waals surface area contributed by atoms with Crippen LogP contribution in [0.15, 0.2) is 34.1 Å². The molecule has 1 heterocycles. The van der Waals surface area contributed by atoms with E-state index in [1.54, 1.807) is 11.3 Å². The highest BCUT2D eigenvalue weighted by Crippen LogP contribution is 2.36. The number of halogens is 1. The molecule has 2 nitrogen and oxygen atoms in total. The Kier molecular flexibility index (Phi) is 4.80. The second kappa shape index (κ2) is 6.36. The van der Waals surface area contributed by atoms with Crippen LogP contribution >= 0.6 is 27.3 Å². The molecular weight excluding hydrogens is 310 g/mol. The molecule has 2 N–H and O–H groups in total. The molecule has 2 aromatic rings. The van der Waals surface area contributed by atoms with E-state index in [0.717, 1.165) is 32.9 Å². The van der Waals surface area contributed by atoms with Crippen molar-refractivity contribution in [3.63, 3.8) is 0 Å². The quantitative estimate of drug-likeness (QED) is 0.871. The standard InChI is InChI=1S/C14H16BrNOS/c1-10-12(9-17)14(18-13(10)15)16-8-7-11-5-3-2-4-6-11/h2-6,16-17H,7-9H2,1H3. The fourth-order valence-electron chi connectivity index (χ4n) is 1.81. The van der Waals surface area contributed by atoms with E-state index < -0.39 is 0 Å². The number of anilines is 1. The summed E-state index contributed by atoms with van der Waals surface area (Å²) in [4.78, 5) is 0. The lowest BCUT2D eigenvalue weighted by Crippen LogP contribution is -2.05. The van der Waals surface area contributed by atoms with Crippen LogP contribution in [0.2, 0.25) is 0 Å². The van der Waals surface area contributed by atoms with Gasteiger partial charge in [0.05, 0.1) is 15.4 Å². The van der Waals surface area contributed by atoms with Crippen LogP contribution in [0.4, 0.5) is 5.00 Å². The van der Waals surface area contributed by atoms with Crippen molar-refractivity contribution in [3.8, 4) is 0 Å². The lowest BCUT2D eigenvalue weighted by molar-refractivity contribution is 0.282. The van der Waals surface area contributed by atoms with Gasteiger partial charge < -0.3 is 10.4 Å². The van der Waals surface area contributed by atoms with Gasteiger partial charge in [-0.2, -0.15) is 0 Å². The predicted octanol–water partition coefficient (Wildman–Crippen LogP) is 3.97. The molecule has 0 unspecified atom stereocenters. The fourth-order valence-corrected chi connectivity index (χ4v) is 3.51. The molecule has 2 rings (SSSR count). The Bertz CT molecular complexity index is 510. The monoisotopic (exact) mass is 325 g/mol. The van der Waals surface area contributed by atoms with Crippen LogP contribution in [0.3, 0.4) is 0 Å². The van der Waals surface area contributed by atoms with Crippen molar-refractivity contribution < 1.29 is 5.11 Å². The van der Waals surface area contributed by atoms with E-state index in [1.165, 1.54) is 5.56 Å². The van der Waals surface area contributed by atoms with Crippen LogP contribution < -0.4 is 5.32 Å². The first kappa shape index (κ1) is 13.6. The van der Waals surface area contributed by atoms with E-state index in [2.05, 4.69) is 45.5 Å². The Hall–Kier alpha value is -0.840. The van der Waals surface area contributed by atoms with Crippen LogP contribution in [-0.4, -0.2) is 11.7 Å². The maximum Gasteiger partial charge on any atom is 0.0953 e. The summed E-state index contributed by atoms with van der Waals surface area (Å²) >= 11 is 5.16. The molecule has 0 aliphatic rings. The van der Waals surface area contributed by atoms with Crippen molar-refractivity contribution in [2.45, 2.75) is 20.0 Å². The number of benzene rings is 1. The van der Waals surface area contributed by atoms with Crippen molar-refractivity contribution in [1.29, 1.82) is 0 Å². The molecule has 96 valence electrons. The van der Waals surface area contributed by atoms with Gasteiger partial charge in [0, 0.05) is 12.1 Å². The number of aliphatic hydroxyl groups is 1. The third-order valence-corrected chi connectivity index (χ3v) is 5.07. The summed E-state index contributed by atoms with van der Waals surface area (Å²) in [6, 6.07) is 10.4.